The van der Waals surface area contributed by atoms with Gasteiger partial charge in [-0.15, -0.1) is 0 Å². The topological polar surface area (TPSA) is 75.3 Å². The van der Waals surface area contributed by atoms with Gasteiger partial charge in [-0.3, -0.25) is 19.7 Å². The van der Waals surface area contributed by atoms with E-state index < -0.39 is 17.9 Å². The highest BCUT2D eigenvalue weighted by molar-refractivity contribution is 6.03. The number of rotatable bonds is 1. The number of imide groups is 1. The smallest absolute Gasteiger partial charge is 0.296 e. The first-order chi connectivity index (χ1) is 9.15. The second-order valence-corrected chi connectivity index (χ2v) is 4.09. The van der Waals surface area contributed by atoms with Gasteiger partial charge in [-0.1, -0.05) is 24.1 Å². The molecule has 3 amide bonds. The van der Waals surface area contributed by atoms with Gasteiger partial charge in [-0.05, 0) is 18.6 Å². The van der Waals surface area contributed by atoms with E-state index in [2.05, 4.69) is 22.5 Å². The SMILES string of the molecule is O=C(C#Cc1ccccc1)NC1CCC(=O)NC1=O. The van der Waals surface area contributed by atoms with E-state index >= 15 is 0 Å². The Balaban J connectivity index is 1.93. The number of nitrogens with one attached hydrogen (secondary N) is 2. The number of benzene rings is 1. The molecule has 1 heterocycles. The maximum atomic E-state index is 11.6. The van der Waals surface area contributed by atoms with Crippen molar-refractivity contribution in [2.45, 2.75) is 18.9 Å². The summed E-state index contributed by atoms with van der Waals surface area (Å²) < 4.78 is 0. The van der Waals surface area contributed by atoms with Crippen molar-refractivity contribution >= 4 is 17.7 Å². The first kappa shape index (κ1) is 12.8. The summed E-state index contributed by atoms with van der Waals surface area (Å²) in [5.74, 6) is 3.79. The Morgan fingerprint density at radius 3 is 2.68 bits per heavy atom. The number of piperidine rings is 1. The lowest BCUT2D eigenvalue weighted by Crippen LogP contribution is -2.52. The Labute approximate surface area is 110 Å². The number of hydrogen-bond acceptors (Lipinski definition) is 3. The van der Waals surface area contributed by atoms with Gasteiger partial charge in [0, 0.05) is 17.9 Å². The van der Waals surface area contributed by atoms with Crippen molar-refractivity contribution in [3.8, 4) is 11.8 Å². The lowest BCUT2D eigenvalue weighted by atomic mass is 10.1. The molecule has 1 atom stereocenters. The Kier molecular flexibility index (Phi) is 3.94. The van der Waals surface area contributed by atoms with Crippen molar-refractivity contribution < 1.29 is 14.4 Å². The van der Waals surface area contributed by atoms with E-state index in [1.807, 2.05) is 18.2 Å². The first-order valence-electron chi connectivity index (χ1n) is 5.86. The van der Waals surface area contributed by atoms with Gasteiger partial charge in [0.2, 0.25) is 11.8 Å². The van der Waals surface area contributed by atoms with Crippen LogP contribution in [0.3, 0.4) is 0 Å². The van der Waals surface area contributed by atoms with Gasteiger partial charge in [0.1, 0.15) is 6.04 Å². The maximum absolute atomic E-state index is 11.6. The molecule has 5 heteroatoms. The van der Waals surface area contributed by atoms with Gasteiger partial charge >= 0.3 is 0 Å². The van der Waals surface area contributed by atoms with Gasteiger partial charge in [0.15, 0.2) is 0 Å². The minimum Gasteiger partial charge on any atom is -0.333 e. The van der Waals surface area contributed by atoms with Gasteiger partial charge in [0.25, 0.3) is 5.91 Å². The molecule has 2 rings (SSSR count). The summed E-state index contributed by atoms with van der Waals surface area (Å²) in [5.41, 5.74) is 0.723. The zero-order chi connectivity index (χ0) is 13.7. The summed E-state index contributed by atoms with van der Waals surface area (Å²) in [7, 11) is 0. The average Bonchev–Trinajstić information content (AvgIpc) is 2.41. The molecule has 0 aliphatic carbocycles. The van der Waals surface area contributed by atoms with Gasteiger partial charge in [-0.2, -0.15) is 0 Å². The van der Waals surface area contributed by atoms with Crippen LogP contribution in [0.2, 0.25) is 0 Å². The van der Waals surface area contributed by atoms with Crippen molar-refractivity contribution in [2.24, 2.45) is 0 Å². The minimum atomic E-state index is -0.685. The summed E-state index contributed by atoms with van der Waals surface area (Å²) in [4.78, 5) is 33.9. The molecule has 0 radical (unpaired) electrons. The second-order valence-electron chi connectivity index (χ2n) is 4.09. The van der Waals surface area contributed by atoms with Crippen molar-refractivity contribution in [3.05, 3.63) is 35.9 Å². The molecular weight excluding hydrogens is 244 g/mol. The molecule has 1 aromatic rings. The number of carbonyl (C=O) groups is 3. The third-order valence-corrected chi connectivity index (χ3v) is 2.64. The van der Waals surface area contributed by atoms with E-state index in [0.29, 0.717) is 6.42 Å². The highest BCUT2D eigenvalue weighted by atomic mass is 16.2. The molecule has 19 heavy (non-hydrogen) atoms. The molecule has 2 N–H and O–H groups in total. The van der Waals surface area contributed by atoms with Crippen LogP contribution >= 0.6 is 0 Å². The lowest BCUT2D eigenvalue weighted by Gasteiger charge is -2.20. The Hall–Kier alpha value is -2.61. The van der Waals surface area contributed by atoms with E-state index in [1.54, 1.807) is 12.1 Å². The fourth-order valence-corrected chi connectivity index (χ4v) is 1.68. The van der Waals surface area contributed by atoms with Gasteiger partial charge < -0.3 is 5.32 Å². The zero-order valence-corrected chi connectivity index (χ0v) is 10.1. The summed E-state index contributed by atoms with van der Waals surface area (Å²) in [6.45, 7) is 0. The third kappa shape index (κ3) is 3.68. The maximum Gasteiger partial charge on any atom is 0.296 e. The standard InChI is InChI=1S/C14H12N2O3/c17-12(8-6-10-4-2-1-3-5-10)15-11-7-9-13(18)16-14(11)19/h1-5,11H,7,9H2,(H,15,17)(H,16,18,19). The monoisotopic (exact) mass is 256 g/mol. The summed E-state index contributed by atoms with van der Waals surface area (Å²) in [6.07, 6.45) is 0.534. The molecule has 5 nitrogen and oxygen atoms in total. The normalized spacial score (nSPS) is 18.0. The van der Waals surface area contributed by atoms with Gasteiger partial charge in [-0.25, -0.2) is 0 Å². The van der Waals surface area contributed by atoms with Gasteiger partial charge in [0.05, 0.1) is 0 Å². The van der Waals surface area contributed by atoms with E-state index in [0.717, 1.165) is 5.56 Å². The van der Waals surface area contributed by atoms with E-state index in [1.165, 1.54) is 0 Å². The van der Waals surface area contributed by atoms with Crippen LogP contribution in [-0.4, -0.2) is 23.8 Å². The zero-order valence-electron chi connectivity index (χ0n) is 10.1. The fourth-order valence-electron chi connectivity index (χ4n) is 1.68. The molecular formula is C14H12N2O3. The molecule has 1 aromatic carbocycles. The van der Waals surface area contributed by atoms with Crippen LogP contribution in [-0.2, 0) is 14.4 Å². The Morgan fingerprint density at radius 1 is 1.26 bits per heavy atom. The summed E-state index contributed by atoms with van der Waals surface area (Å²) in [6, 6.07) is 8.38. The average molecular weight is 256 g/mol. The molecule has 0 spiro atoms. The summed E-state index contributed by atoms with van der Waals surface area (Å²) in [5, 5.41) is 4.65. The highest BCUT2D eigenvalue weighted by Crippen LogP contribution is 2.03. The Bertz CT molecular complexity index is 569. The van der Waals surface area contributed by atoms with Crippen LogP contribution in [0.1, 0.15) is 18.4 Å². The predicted octanol–water partition coefficient (Wildman–Crippen LogP) is -0.0405. The molecule has 1 aliphatic rings. The van der Waals surface area contributed by atoms with Crippen molar-refractivity contribution in [1.82, 2.24) is 10.6 Å². The predicted molar refractivity (Wildman–Crippen MR) is 67.6 cm³/mol. The van der Waals surface area contributed by atoms with Crippen LogP contribution < -0.4 is 10.6 Å². The molecule has 1 fully saturated rings. The van der Waals surface area contributed by atoms with E-state index in [4.69, 9.17) is 0 Å². The quantitative estimate of drug-likeness (QED) is 0.547. The molecule has 0 bridgehead atoms. The molecule has 96 valence electrons. The molecule has 0 saturated carbocycles. The van der Waals surface area contributed by atoms with E-state index in [-0.39, 0.29) is 12.3 Å². The second kappa shape index (κ2) is 5.83. The minimum absolute atomic E-state index is 0.225. The van der Waals surface area contributed by atoms with Crippen LogP contribution in [0.5, 0.6) is 0 Å². The number of hydrogen-bond donors (Lipinski definition) is 2. The lowest BCUT2D eigenvalue weighted by molar-refractivity contribution is -0.136. The van der Waals surface area contributed by atoms with Crippen LogP contribution in [0.25, 0.3) is 0 Å². The van der Waals surface area contributed by atoms with Crippen LogP contribution in [0, 0.1) is 11.8 Å². The number of amides is 3. The van der Waals surface area contributed by atoms with Crippen molar-refractivity contribution in [3.63, 3.8) is 0 Å². The highest BCUT2D eigenvalue weighted by Gasteiger charge is 2.27. The van der Waals surface area contributed by atoms with Crippen LogP contribution in [0.15, 0.2) is 30.3 Å². The van der Waals surface area contributed by atoms with E-state index in [9.17, 15) is 14.4 Å². The molecule has 1 unspecified atom stereocenters. The van der Waals surface area contributed by atoms with Crippen molar-refractivity contribution in [1.29, 1.82) is 0 Å². The third-order valence-electron chi connectivity index (χ3n) is 2.64. The number of carbonyl (C=O) groups excluding carboxylic acids is 3. The molecule has 1 saturated heterocycles. The largest absolute Gasteiger partial charge is 0.333 e. The van der Waals surface area contributed by atoms with Crippen molar-refractivity contribution in [2.75, 3.05) is 0 Å². The fraction of sp³-hybridized carbons (Fsp3) is 0.214. The summed E-state index contributed by atoms with van der Waals surface area (Å²) >= 11 is 0. The first-order valence-corrected chi connectivity index (χ1v) is 5.86. The molecule has 1 aliphatic heterocycles. The molecule has 0 aromatic heterocycles. The van der Waals surface area contributed by atoms with Crippen LogP contribution in [0.4, 0.5) is 0 Å². The Morgan fingerprint density at radius 2 is 2.00 bits per heavy atom.